The fourth-order valence-corrected chi connectivity index (χ4v) is 2.03. The van der Waals surface area contributed by atoms with E-state index in [4.69, 9.17) is 10.1 Å². The van der Waals surface area contributed by atoms with Gasteiger partial charge in [-0.25, -0.2) is 0 Å². The summed E-state index contributed by atoms with van der Waals surface area (Å²) in [5.74, 6) is 1.61. The monoisotopic (exact) mass is 218 g/mol. The summed E-state index contributed by atoms with van der Waals surface area (Å²) in [6.07, 6.45) is 3.20. The van der Waals surface area contributed by atoms with Gasteiger partial charge in [-0.3, -0.25) is 5.41 Å². The third-order valence-corrected chi connectivity index (χ3v) is 2.81. The van der Waals surface area contributed by atoms with E-state index in [2.05, 4.69) is 4.90 Å². The third-order valence-electron chi connectivity index (χ3n) is 2.81. The van der Waals surface area contributed by atoms with E-state index >= 15 is 0 Å². The average molecular weight is 218 g/mol. The van der Waals surface area contributed by atoms with E-state index in [1.54, 1.807) is 0 Å². The summed E-state index contributed by atoms with van der Waals surface area (Å²) in [7, 11) is 0. The van der Waals surface area contributed by atoms with Crippen LogP contribution in [-0.4, -0.2) is 19.0 Å². The molecule has 1 saturated heterocycles. The van der Waals surface area contributed by atoms with Gasteiger partial charge in [-0.1, -0.05) is 6.07 Å². The molecule has 0 saturated carbocycles. The van der Waals surface area contributed by atoms with Crippen LogP contribution in [-0.2, 0) is 0 Å². The number of hydrogen-bond donors (Lipinski definition) is 1. The molecule has 0 atom stereocenters. The normalized spacial score (nSPS) is 16.3. The van der Waals surface area contributed by atoms with E-state index in [1.165, 1.54) is 6.42 Å². The molecule has 0 bridgehead atoms. The van der Waals surface area contributed by atoms with Gasteiger partial charge < -0.3 is 9.64 Å². The minimum Gasteiger partial charge on any atom is -0.494 e. The highest BCUT2D eigenvalue weighted by molar-refractivity contribution is 5.96. The molecule has 1 fully saturated rings. The molecule has 0 amide bonds. The van der Waals surface area contributed by atoms with E-state index in [-0.39, 0.29) is 0 Å². The van der Waals surface area contributed by atoms with Crippen molar-refractivity contribution in [3.8, 4) is 5.75 Å². The summed E-state index contributed by atoms with van der Waals surface area (Å²) in [5.41, 5.74) is 1.08. The fraction of sp³-hybridized carbons (Fsp3) is 0.462. The summed E-state index contributed by atoms with van der Waals surface area (Å²) in [6, 6.07) is 8.01. The Balaban J connectivity index is 2.18. The smallest absolute Gasteiger partial charge is 0.121 e. The molecule has 2 rings (SSSR count). The molecule has 0 aliphatic carbocycles. The molecule has 0 aromatic heterocycles. The largest absolute Gasteiger partial charge is 0.494 e. The minimum absolute atomic E-state index is 0.681. The zero-order valence-corrected chi connectivity index (χ0v) is 9.70. The Hall–Kier alpha value is -1.51. The molecule has 86 valence electrons. The second-order valence-corrected chi connectivity index (χ2v) is 3.99. The van der Waals surface area contributed by atoms with E-state index in [1.807, 2.05) is 31.2 Å². The van der Waals surface area contributed by atoms with E-state index in [9.17, 15) is 0 Å². The Kier molecular flexibility index (Phi) is 3.44. The summed E-state index contributed by atoms with van der Waals surface area (Å²) in [4.78, 5) is 2.08. The highest BCUT2D eigenvalue weighted by atomic mass is 16.5. The Bertz CT molecular complexity index is 376. The molecule has 0 radical (unpaired) electrons. The van der Waals surface area contributed by atoms with Crippen LogP contribution >= 0.6 is 0 Å². The van der Waals surface area contributed by atoms with Crippen LogP contribution < -0.4 is 9.64 Å². The van der Waals surface area contributed by atoms with Gasteiger partial charge in [0.1, 0.15) is 11.6 Å². The molecule has 0 unspecified atom stereocenters. The first-order chi connectivity index (χ1) is 7.81. The number of nitrogens with one attached hydrogen (secondary N) is 1. The van der Waals surface area contributed by atoms with Crippen LogP contribution in [0.25, 0.3) is 0 Å². The number of amidine groups is 1. The van der Waals surface area contributed by atoms with Crippen LogP contribution in [0.2, 0.25) is 0 Å². The highest BCUT2D eigenvalue weighted by Gasteiger charge is 2.16. The number of nitrogens with zero attached hydrogens (tertiary/aromatic N) is 1. The molecule has 0 spiro atoms. The van der Waals surface area contributed by atoms with Gasteiger partial charge in [-0.2, -0.15) is 0 Å². The number of rotatable bonds is 3. The van der Waals surface area contributed by atoms with Crippen molar-refractivity contribution in [3.63, 3.8) is 0 Å². The SMILES string of the molecule is CCOc1cccc(N2CCCCC2=N)c1. The van der Waals surface area contributed by atoms with Crippen LogP contribution in [0, 0.1) is 5.41 Å². The van der Waals surface area contributed by atoms with Crippen LogP contribution in [0.4, 0.5) is 5.69 Å². The van der Waals surface area contributed by atoms with Crippen molar-refractivity contribution in [2.24, 2.45) is 0 Å². The summed E-state index contributed by atoms with van der Waals surface area (Å²) in [6.45, 7) is 3.62. The van der Waals surface area contributed by atoms with Gasteiger partial charge in [-0.05, 0) is 31.9 Å². The molecular weight excluding hydrogens is 200 g/mol. The number of anilines is 1. The maximum absolute atomic E-state index is 7.94. The summed E-state index contributed by atoms with van der Waals surface area (Å²) >= 11 is 0. The zero-order chi connectivity index (χ0) is 11.4. The summed E-state index contributed by atoms with van der Waals surface area (Å²) in [5, 5.41) is 7.94. The lowest BCUT2D eigenvalue weighted by Gasteiger charge is -2.29. The molecule has 1 heterocycles. The molecule has 1 N–H and O–H groups in total. The van der Waals surface area contributed by atoms with Gasteiger partial charge in [0.25, 0.3) is 0 Å². The first-order valence-corrected chi connectivity index (χ1v) is 5.89. The van der Waals surface area contributed by atoms with Crippen molar-refractivity contribution in [2.75, 3.05) is 18.1 Å². The van der Waals surface area contributed by atoms with Crippen molar-refractivity contribution in [2.45, 2.75) is 26.2 Å². The van der Waals surface area contributed by atoms with Crippen LogP contribution in [0.1, 0.15) is 26.2 Å². The number of piperidine rings is 1. The maximum atomic E-state index is 7.94. The van der Waals surface area contributed by atoms with Crippen LogP contribution in [0.15, 0.2) is 24.3 Å². The maximum Gasteiger partial charge on any atom is 0.121 e. The van der Waals surface area contributed by atoms with Crippen LogP contribution in [0.5, 0.6) is 5.75 Å². The minimum atomic E-state index is 0.681. The Morgan fingerprint density at radius 2 is 2.25 bits per heavy atom. The number of hydrogen-bond acceptors (Lipinski definition) is 2. The van der Waals surface area contributed by atoms with Gasteiger partial charge >= 0.3 is 0 Å². The predicted molar refractivity (Wildman–Crippen MR) is 66.5 cm³/mol. The molecule has 1 aliphatic heterocycles. The standard InChI is InChI=1S/C13H18N2O/c1-2-16-12-7-5-6-11(10-12)15-9-4-3-8-13(15)14/h5-7,10,14H,2-4,8-9H2,1H3. The number of benzene rings is 1. The second-order valence-electron chi connectivity index (χ2n) is 3.99. The van der Waals surface area contributed by atoms with E-state index < -0.39 is 0 Å². The molecule has 3 nitrogen and oxygen atoms in total. The van der Waals surface area contributed by atoms with Gasteiger partial charge in [0, 0.05) is 24.7 Å². The number of ether oxygens (including phenoxy) is 1. The van der Waals surface area contributed by atoms with E-state index in [0.29, 0.717) is 6.61 Å². The van der Waals surface area contributed by atoms with Gasteiger partial charge in [-0.15, -0.1) is 0 Å². The summed E-state index contributed by atoms with van der Waals surface area (Å²) < 4.78 is 5.48. The highest BCUT2D eigenvalue weighted by Crippen LogP contribution is 2.24. The third kappa shape index (κ3) is 2.35. The molecule has 1 aromatic rings. The Morgan fingerprint density at radius 1 is 1.38 bits per heavy atom. The topological polar surface area (TPSA) is 36.3 Å². The molecule has 3 heteroatoms. The lowest BCUT2D eigenvalue weighted by Crippen LogP contribution is -2.34. The molecular formula is C13H18N2O. The molecule has 16 heavy (non-hydrogen) atoms. The van der Waals surface area contributed by atoms with E-state index in [0.717, 1.165) is 36.7 Å². The second kappa shape index (κ2) is 5.01. The van der Waals surface area contributed by atoms with Crippen molar-refractivity contribution >= 4 is 11.5 Å². The van der Waals surface area contributed by atoms with Gasteiger partial charge in [0.2, 0.25) is 0 Å². The van der Waals surface area contributed by atoms with Gasteiger partial charge in [0.15, 0.2) is 0 Å². The quantitative estimate of drug-likeness (QED) is 0.846. The lowest BCUT2D eigenvalue weighted by molar-refractivity contribution is 0.340. The Morgan fingerprint density at radius 3 is 3.00 bits per heavy atom. The molecule has 1 aromatic carbocycles. The molecule has 1 aliphatic rings. The average Bonchev–Trinajstić information content (AvgIpc) is 2.30. The van der Waals surface area contributed by atoms with Crippen molar-refractivity contribution in [1.82, 2.24) is 0 Å². The lowest BCUT2D eigenvalue weighted by atomic mass is 10.1. The first kappa shape index (κ1) is 11.0. The van der Waals surface area contributed by atoms with Gasteiger partial charge in [0.05, 0.1) is 6.61 Å². The van der Waals surface area contributed by atoms with Crippen LogP contribution in [0.3, 0.4) is 0 Å². The Labute approximate surface area is 96.5 Å². The first-order valence-electron chi connectivity index (χ1n) is 5.89. The van der Waals surface area contributed by atoms with Crippen molar-refractivity contribution in [3.05, 3.63) is 24.3 Å². The predicted octanol–water partition coefficient (Wildman–Crippen LogP) is 3.05. The zero-order valence-electron chi connectivity index (χ0n) is 9.70. The fourth-order valence-electron chi connectivity index (χ4n) is 2.03. The van der Waals surface area contributed by atoms with Crippen molar-refractivity contribution < 1.29 is 4.74 Å². The van der Waals surface area contributed by atoms with Crippen molar-refractivity contribution in [1.29, 1.82) is 5.41 Å².